The molecule has 1 heterocycles. The normalized spacial score (nSPS) is 31.5. The first-order valence-electron chi connectivity index (χ1n) is 9.85. The Morgan fingerprint density at radius 3 is 2.30 bits per heavy atom. The van der Waals surface area contributed by atoms with Gasteiger partial charge in [0.05, 0.1) is 16.3 Å². The molecule has 7 heteroatoms. The van der Waals surface area contributed by atoms with Crippen LogP contribution in [-0.2, 0) is 14.9 Å². The van der Waals surface area contributed by atoms with Crippen LogP contribution in [0.3, 0.4) is 0 Å². The van der Waals surface area contributed by atoms with Crippen LogP contribution in [0.15, 0.2) is 24.3 Å². The van der Waals surface area contributed by atoms with Crippen molar-refractivity contribution < 1.29 is 22.5 Å². The van der Waals surface area contributed by atoms with Gasteiger partial charge < -0.3 is 14.2 Å². The maximum absolute atomic E-state index is 13.1. The highest BCUT2D eigenvalue weighted by atomic mass is 32.2. The summed E-state index contributed by atoms with van der Waals surface area (Å²) in [6.07, 6.45) is 5.67. The van der Waals surface area contributed by atoms with E-state index in [1.54, 1.807) is 29.2 Å². The third kappa shape index (κ3) is 3.47. The number of amides is 1. The molecule has 0 bridgehead atoms. The van der Waals surface area contributed by atoms with Gasteiger partial charge in [0.2, 0.25) is 5.91 Å². The first-order chi connectivity index (χ1) is 12.8. The predicted octanol–water partition coefficient (Wildman–Crippen LogP) is 3.00. The number of anilines is 1. The lowest BCUT2D eigenvalue weighted by Crippen LogP contribution is -2.43. The lowest BCUT2D eigenvalue weighted by molar-refractivity contribution is -0.130. The minimum Gasteiger partial charge on any atom is -0.390 e. The van der Waals surface area contributed by atoms with Crippen molar-refractivity contribution >= 4 is 21.7 Å². The molecule has 148 valence electrons. The molecule has 1 aromatic carbocycles. The van der Waals surface area contributed by atoms with Crippen LogP contribution >= 0.6 is 0 Å². The molecule has 0 aromatic heterocycles. The van der Waals surface area contributed by atoms with Crippen molar-refractivity contribution in [1.82, 2.24) is 0 Å². The summed E-state index contributed by atoms with van der Waals surface area (Å²) in [5, 5.41) is 10.1. The molecule has 0 unspecified atom stereocenters. The number of aliphatic hydroxyl groups is 1. The van der Waals surface area contributed by atoms with Gasteiger partial charge in [-0.25, -0.2) is 0 Å². The van der Waals surface area contributed by atoms with Crippen LogP contribution in [0.2, 0.25) is 0 Å². The highest BCUT2D eigenvalue weighted by Gasteiger charge is 2.51. The molecule has 6 nitrogen and oxygen atoms in total. The minimum atomic E-state index is -3.52. The SMILES string of the molecule is CCC1(O)CCC2(CCN(c3ccc(OS(=O)(=O)C4CC4)cc3)C2=O)CC1. The second-order valence-electron chi connectivity index (χ2n) is 8.33. The molecule has 1 N–H and O–H groups in total. The number of nitrogens with zero attached hydrogens (tertiary/aromatic N) is 1. The second kappa shape index (κ2) is 6.48. The summed E-state index contributed by atoms with van der Waals surface area (Å²) in [6.45, 7) is 2.65. The van der Waals surface area contributed by atoms with E-state index in [0.717, 1.165) is 31.4 Å². The zero-order chi connectivity index (χ0) is 19.3. The fourth-order valence-electron chi connectivity index (χ4n) is 4.32. The van der Waals surface area contributed by atoms with Crippen LogP contribution in [0.5, 0.6) is 5.75 Å². The number of hydrogen-bond acceptors (Lipinski definition) is 5. The summed E-state index contributed by atoms with van der Waals surface area (Å²) in [7, 11) is -3.52. The van der Waals surface area contributed by atoms with Crippen molar-refractivity contribution in [3.8, 4) is 5.75 Å². The zero-order valence-electron chi connectivity index (χ0n) is 15.7. The summed E-state index contributed by atoms with van der Waals surface area (Å²) < 4.78 is 29.0. The Bertz CT molecular complexity index is 820. The fraction of sp³-hybridized carbons (Fsp3) is 0.650. The van der Waals surface area contributed by atoms with Crippen LogP contribution in [0.1, 0.15) is 58.3 Å². The molecule has 4 rings (SSSR count). The first kappa shape index (κ1) is 18.7. The van der Waals surface area contributed by atoms with Crippen LogP contribution in [0, 0.1) is 5.41 Å². The van der Waals surface area contributed by atoms with Gasteiger partial charge in [-0.15, -0.1) is 0 Å². The minimum absolute atomic E-state index is 0.125. The van der Waals surface area contributed by atoms with Gasteiger partial charge in [0, 0.05) is 12.2 Å². The van der Waals surface area contributed by atoms with Gasteiger partial charge in [0.15, 0.2) is 0 Å². The molecular weight excluding hydrogens is 366 g/mol. The van der Waals surface area contributed by atoms with Gasteiger partial charge in [0.1, 0.15) is 5.75 Å². The fourth-order valence-corrected chi connectivity index (χ4v) is 5.55. The molecule has 1 aliphatic heterocycles. The van der Waals surface area contributed by atoms with Crippen molar-refractivity contribution in [2.75, 3.05) is 11.4 Å². The molecule has 3 aliphatic rings. The predicted molar refractivity (Wildman–Crippen MR) is 102 cm³/mol. The van der Waals surface area contributed by atoms with E-state index in [0.29, 0.717) is 32.2 Å². The summed E-state index contributed by atoms with van der Waals surface area (Å²) >= 11 is 0. The van der Waals surface area contributed by atoms with Crippen LogP contribution in [0.25, 0.3) is 0 Å². The highest BCUT2D eigenvalue weighted by molar-refractivity contribution is 7.88. The molecule has 1 aromatic rings. The number of carbonyl (C=O) groups excluding carboxylic acids is 1. The number of hydrogen-bond donors (Lipinski definition) is 1. The van der Waals surface area contributed by atoms with E-state index in [-0.39, 0.29) is 22.3 Å². The van der Waals surface area contributed by atoms with Crippen molar-refractivity contribution in [2.24, 2.45) is 5.41 Å². The van der Waals surface area contributed by atoms with Gasteiger partial charge in [-0.3, -0.25) is 4.79 Å². The average Bonchev–Trinajstić information content (AvgIpc) is 3.46. The van der Waals surface area contributed by atoms with E-state index < -0.39 is 15.7 Å². The summed E-state index contributed by atoms with van der Waals surface area (Å²) in [6, 6.07) is 6.73. The van der Waals surface area contributed by atoms with Gasteiger partial charge >= 0.3 is 10.1 Å². The van der Waals surface area contributed by atoms with E-state index in [4.69, 9.17) is 4.18 Å². The molecular formula is C20H27NO5S. The van der Waals surface area contributed by atoms with Gasteiger partial charge in [0.25, 0.3) is 0 Å². The summed E-state index contributed by atoms with van der Waals surface area (Å²) in [5.41, 5.74) is -0.207. The molecule has 1 amide bonds. The van der Waals surface area contributed by atoms with Gasteiger partial charge in [-0.2, -0.15) is 8.42 Å². The van der Waals surface area contributed by atoms with E-state index >= 15 is 0 Å². The monoisotopic (exact) mass is 393 g/mol. The Labute approximate surface area is 160 Å². The number of benzene rings is 1. The average molecular weight is 394 g/mol. The van der Waals surface area contributed by atoms with Crippen molar-refractivity contribution in [3.05, 3.63) is 24.3 Å². The summed E-state index contributed by atoms with van der Waals surface area (Å²) in [4.78, 5) is 14.9. The van der Waals surface area contributed by atoms with Crippen molar-refractivity contribution in [1.29, 1.82) is 0 Å². The van der Waals surface area contributed by atoms with Gasteiger partial charge in [-0.1, -0.05) is 6.92 Å². The quantitative estimate of drug-likeness (QED) is 0.778. The van der Waals surface area contributed by atoms with E-state index in [1.165, 1.54) is 0 Å². The Balaban J connectivity index is 1.44. The lowest BCUT2D eigenvalue weighted by atomic mass is 9.67. The Morgan fingerprint density at radius 2 is 1.74 bits per heavy atom. The van der Waals surface area contributed by atoms with Gasteiger partial charge in [-0.05, 0) is 75.6 Å². The molecule has 27 heavy (non-hydrogen) atoms. The topological polar surface area (TPSA) is 83.9 Å². The molecule has 2 saturated carbocycles. The number of carbonyl (C=O) groups is 1. The third-order valence-electron chi connectivity index (χ3n) is 6.60. The van der Waals surface area contributed by atoms with Crippen LogP contribution in [-0.4, -0.2) is 36.8 Å². The summed E-state index contributed by atoms with van der Waals surface area (Å²) in [5.74, 6) is 0.414. The van der Waals surface area contributed by atoms with Crippen molar-refractivity contribution in [2.45, 2.75) is 69.1 Å². The molecule has 0 atom stereocenters. The van der Waals surface area contributed by atoms with Crippen LogP contribution in [0.4, 0.5) is 5.69 Å². The Kier molecular flexibility index (Phi) is 4.50. The third-order valence-corrected chi connectivity index (χ3v) is 8.31. The molecule has 2 aliphatic carbocycles. The maximum atomic E-state index is 13.1. The highest BCUT2D eigenvalue weighted by Crippen LogP contribution is 2.49. The zero-order valence-corrected chi connectivity index (χ0v) is 16.5. The second-order valence-corrected chi connectivity index (χ2v) is 10.2. The van der Waals surface area contributed by atoms with Crippen LogP contribution < -0.4 is 9.08 Å². The largest absolute Gasteiger partial charge is 0.390 e. The van der Waals surface area contributed by atoms with E-state index in [1.807, 2.05) is 6.92 Å². The lowest BCUT2D eigenvalue weighted by Gasteiger charge is -2.40. The smallest absolute Gasteiger partial charge is 0.312 e. The standard InChI is InChI=1S/C20H27NO5S/c1-2-20(23)11-9-19(10-12-20)13-14-21(18(19)22)15-3-5-16(6-4-15)26-27(24,25)17-7-8-17/h3-6,17,23H,2,7-14H2,1H3. The van der Waals surface area contributed by atoms with E-state index in [2.05, 4.69) is 0 Å². The molecule has 0 radical (unpaired) electrons. The number of rotatable bonds is 5. The molecule has 3 fully saturated rings. The maximum Gasteiger partial charge on any atom is 0.312 e. The molecule has 1 spiro atoms. The Hall–Kier alpha value is -1.60. The molecule has 1 saturated heterocycles. The van der Waals surface area contributed by atoms with E-state index in [9.17, 15) is 18.3 Å². The first-order valence-corrected chi connectivity index (χ1v) is 11.3. The van der Waals surface area contributed by atoms with Crippen molar-refractivity contribution in [3.63, 3.8) is 0 Å². The Morgan fingerprint density at radius 1 is 1.11 bits per heavy atom.